The molecule has 0 radical (unpaired) electrons. The second kappa shape index (κ2) is 5.59. The number of aromatic nitrogens is 1. The van der Waals surface area contributed by atoms with Crippen LogP contribution in [0.3, 0.4) is 0 Å². The first kappa shape index (κ1) is 12.5. The lowest BCUT2D eigenvalue weighted by molar-refractivity contribution is 0.0946. The van der Waals surface area contributed by atoms with Crippen molar-refractivity contribution in [2.24, 2.45) is 0 Å². The molecule has 4 nitrogen and oxygen atoms in total. The number of rotatable bonds is 4. The van der Waals surface area contributed by atoms with E-state index in [0.717, 1.165) is 18.5 Å². The summed E-state index contributed by atoms with van der Waals surface area (Å²) in [4.78, 5) is 16.1. The molecule has 3 rings (SSSR count). The van der Waals surface area contributed by atoms with Gasteiger partial charge in [0.15, 0.2) is 0 Å². The molecule has 1 amide bonds. The molecule has 0 aliphatic heterocycles. The Morgan fingerprint density at radius 1 is 1.05 bits per heavy atom. The molecule has 2 N–H and O–H groups in total. The third kappa shape index (κ3) is 3.46. The van der Waals surface area contributed by atoms with Crippen LogP contribution in [-0.4, -0.2) is 23.0 Å². The van der Waals surface area contributed by atoms with Gasteiger partial charge in [0.1, 0.15) is 5.69 Å². The highest BCUT2D eigenvalue weighted by Crippen LogP contribution is 2.22. The number of carbonyl (C=O) groups is 1. The molecule has 2 aliphatic carbocycles. The Kier molecular flexibility index (Phi) is 3.67. The molecule has 1 aromatic heterocycles. The van der Waals surface area contributed by atoms with Gasteiger partial charge in [0.25, 0.3) is 5.91 Å². The number of nitrogens with one attached hydrogen (secondary N) is 2. The molecule has 1 aromatic rings. The summed E-state index contributed by atoms with van der Waals surface area (Å²) in [5.74, 6) is -0.0493. The summed E-state index contributed by atoms with van der Waals surface area (Å²) >= 11 is 0. The third-order valence-corrected chi connectivity index (χ3v) is 3.88. The molecule has 0 bridgehead atoms. The Hall–Kier alpha value is -1.58. The fraction of sp³-hybridized carbons (Fsp3) is 0.600. The van der Waals surface area contributed by atoms with E-state index in [1.165, 1.54) is 32.1 Å². The standard InChI is InChI=1S/C15H21N3O/c19-15(18-12-6-7-12)14-9-8-13(10-16-14)17-11-4-2-1-3-5-11/h8-12,17H,1-7H2,(H,18,19). The zero-order valence-corrected chi connectivity index (χ0v) is 11.2. The van der Waals surface area contributed by atoms with Gasteiger partial charge in [-0.05, 0) is 37.8 Å². The molecule has 19 heavy (non-hydrogen) atoms. The van der Waals surface area contributed by atoms with Gasteiger partial charge in [0.2, 0.25) is 0 Å². The monoisotopic (exact) mass is 259 g/mol. The van der Waals surface area contributed by atoms with Crippen LogP contribution >= 0.6 is 0 Å². The average molecular weight is 259 g/mol. The first-order chi connectivity index (χ1) is 9.31. The van der Waals surface area contributed by atoms with Gasteiger partial charge >= 0.3 is 0 Å². The van der Waals surface area contributed by atoms with Gasteiger partial charge in [0.05, 0.1) is 11.9 Å². The predicted octanol–water partition coefficient (Wildman–Crippen LogP) is 2.72. The van der Waals surface area contributed by atoms with Crippen molar-refractivity contribution >= 4 is 11.6 Å². The Morgan fingerprint density at radius 3 is 2.47 bits per heavy atom. The summed E-state index contributed by atoms with van der Waals surface area (Å²) in [7, 11) is 0. The van der Waals surface area contributed by atoms with Gasteiger partial charge in [0, 0.05) is 12.1 Å². The molecule has 0 spiro atoms. The van der Waals surface area contributed by atoms with E-state index >= 15 is 0 Å². The summed E-state index contributed by atoms with van der Waals surface area (Å²) < 4.78 is 0. The number of pyridine rings is 1. The smallest absolute Gasteiger partial charge is 0.270 e. The largest absolute Gasteiger partial charge is 0.381 e. The van der Waals surface area contributed by atoms with Crippen LogP contribution in [-0.2, 0) is 0 Å². The van der Waals surface area contributed by atoms with Crippen LogP contribution in [0.25, 0.3) is 0 Å². The Labute approximate surface area is 114 Å². The molecule has 1 heterocycles. The van der Waals surface area contributed by atoms with Gasteiger partial charge in [-0.2, -0.15) is 0 Å². The molecule has 0 unspecified atom stereocenters. The molecule has 2 fully saturated rings. The van der Waals surface area contributed by atoms with Gasteiger partial charge in [-0.1, -0.05) is 19.3 Å². The van der Waals surface area contributed by atoms with Crippen LogP contribution in [0, 0.1) is 0 Å². The van der Waals surface area contributed by atoms with Crippen molar-refractivity contribution in [3.05, 3.63) is 24.0 Å². The van der Waals surface area contributed by atoms with Gasteiger partial charge < -0.3 is 10.6 Å². The molecular weight excluding hydrogens is 238 g/mol. The van der Waals surface area contributed by atoms with E-state index < -0.39 is 0 Å². The maximum absolute atomic E-state index is 11.8. The van der Waals surface area contributed by atoms with E-state index in [9.17, 15) is 4.79 Å². The summed E-state index contributed by atoms with van der Waals surface area (Å²) in [5, 5.41) is 6.46. The van der Waals surface area contributed by atoms with Crippen molar-refractivity contribution in [3.8, 4) is 0 Å². The molecular formula is C15H21N3O. The maximum Gasteiger partial charge on any atom is 0.270 e. The summed E-state index contributed by atoms with van der Waals surface area (Å²) in [6.45, 7) is 0. The number of anilines is 1. The first-order valence-electron chi connectivity index (χ1n) is 7.35. The quantitative estimate of drug-likeness (QED) is 0.874. The van der Waals surface area contributed by atoms with Crippen molar-refractivity contribution in [1.29, 1.82) is 0 Å². The Balaban J connectivity index is 1.56. The molecule has 0 atom stereocenters. The van der Waals surface area contributed by atoms with Gasteiger partial charge in [-0.15, -0.1) is 0 Å². The highest BCUT2D eigenvalue weighted by molar-refractivity contribution is 5.92. The second-order valence-electron chi connectivity index (χ2n) is 5.66. The van der Waals surface area contributed by atoms with Gasteiger partial charge in [-0.25, -0.2) is 4.98 Å². The van der Waals surface area contributed by atoms with Crippen LogP contribution in [0.5, 0.6) is 0 Å². The topological polar surface area (TPSA) is 54.0 Å². The maximum atomic E-state index is 11.8. The number of amides is 1. The average Bonchev–Trinajstić information content (AvgIpc) is 3.25. The minimum absolute atomic E-state index is 0.0493. The van der Waals surface area contributed by atoms with E-state index in [1.54, 1.807) is 6.20 Å². The van der Waals surface area contributed by atoms with Crippen molar-refractivity contribution in [3.63, 3.8) is 0 Å². The molecule has 2 aliphatic rings. The van der Waals surface area contributed by atoms with Crippen molar-refractivity contribution in [1.82, 2.24) is 10.3 Å². The fourth-order valence-corrected chi connectivity index (χ4v) is 2.58. The Bertz CT molecular complexity index is 433. The van der Waals surface area contributed by atoms with Crippen LogP contribution in [0.4, 0.5) is 5.69 Å². The summed E-state index contributed by atoms with van der Waals surface area (Å²) in [5.41, 5.74) is 1.54. The molecule has 4 heteroatoms. The minimum Gasteiger partial charge on any atom is -0.381 e. The van der Waals surface area contributed by atoms with Crippen molar-refractivity contribution in [2.45, 2.75) is 57.0 Å². The van der Waals surface area contributed by atoms with E-state index in [-0.39, 0.29) is 5.91 Å². The number of carbonyl (C=O) groups excluding carboxylic acids is 1. The molecule has 2 saturated carbocycles. The normalized spacial score (nSPS) is 20.0. The highest BCUT2D eigenvalue weighted by Gasteiger charge is 2.24. The first-order valence-corrected chi connectivity index (χ1v) is 7.35. The van der Waals surface area contributed by atoms with E-state index in [0.29, 0.717) is 17.8 Å². The zero-order valence-electron chi connectivity index (χ0n) is 11.2. The number of hydrogen-bond donors (Lipinski definition) is 2. The summed E-state index contributed by atoms with van der Waals surface area (Å²) in [6, 6.07) is 4.72. The zero-order chi connectivity index (χ0) is 13.1. The minimum atomic E-state index is -0.0493. The third-order valence-electron chi connectivity index (χ3n) is 3.88. The predicted molar refractivity (Wildman–Crippen MR) is 75.2 cm³/mol. The SMILES string of the molecule is O=C(NC1CC1)c1ccc(NC2CCCCC2)cn1. The van der Waals surface area contributed by atoms with E-state index in [2.05, 4.69) is 15.6 Å². The lowest BCUT2D eigenvalue weighted by atomic mass is 9.95. The van der Waals surface area contributed by atoms with E-state index in [1.807, 2.05) is 12.1 Å². The van der Waals surface area contributed by atoms with E-state index in [4.69, 9.17) is 0 Å². The fourth-order valence-electron chi connectivity index (χ4n) is 2.58. The van der Waals surface area contributed by atoms with Crippen LogP contribution in [0.15, 0.2) is 18.3 Å². The molecule has 0 saturated heterocycles. The lowest BCUT2D eigenvalue weighted by Gasteiger charge is -2.23. The highest BCUT2D eigenvalue weighted by atomic mass is 16.2. The van der Waals surface area contributed by atoms with Gasteiger partial charge in [-0.3, -0.25) is 4.79 Å². The number of hydrogen-bond acceptors (Lipinski definition) is 3. The van der Waals surface area contributed by atoms with Crippen LogP contribution < -0.4 is 10.6 Å². The van der Waals surface area contributed by atoms with Crippen molar-refractivity contribution in [2.75, 3.05) is 5.32 Å². The van der Waals surface area contributed by atoms with Crippen LogP contribution in [0.2, 0.25) is 0 Å². The number of nitrogens with zero attached hydrogens (tertiary/aromatic N) is 1. The lowest BCUT2D eigenvalue weighted by Crippen LogP contribution is -2.26. The second-order valence-corrected chi connectivity index (χ2v) is 5.66. The Morgan fingerprint density at radius 2 is 1.84 bits per heavy atom. The van der Waals surface area contributed by atoms with Crippen LogP contribution in [0.1, 0.15) is 55.4 Å². The molecule has 0 aromatic carbocycles. The molecule has 102 valence electrons. The summed E-state index contributed by atoms with van der Waals surface area (Å²) in [6.07, 6.45) is 10.4. The van der Waals surface area contributed by atoms with Crippen molar-refractivity contribution < 1.29 is 4.79 Å².